The maximum absolute atomic E-state index is 5.01. The number of ether oxygens (including phenoxy) is 2. The standard InChI is InChI=1S/2C17H14P.2C9H11NOS.2CH2Cl.2Au.Fe/c2*1-3-9-15(10-4-1)18(17-13-7-8-14-17)16-11-5-2-6-12-16;2*1-2-11-9(12)10-8-6-4-3-5-7-8;2*1-2;;;/h2*1-14H;2*3-7H,2H2,1H3,(H,10,12);2*1H2;;;/q2*-1;;;2*-1;2*+1;+4/p-2. The van der Waals surface area contributed by atoms with Gasteiger partial charge >= 0.3 is 61.8 Å². The number of hydrogen-bond acceptors (Lipinski definition) is 6. The van der Waals surface area contributed by atoms with Crippen LogP contribution in [-0.2, 0) is 96.6 Å². The molecule has 0 spiro atoms. The third kappa shape index (κ3) is 24.8. The zero-order valence-electron chi connectivity index (χ0n) is 36.9. The van der Waals surface area contributed by atoms with Gasteiger partial charge in [0.25, 0.3) is 0 Å². The van der Waals surface area contributed by atoms with E-state index in [1.54, 1.807) is 0 Å². The fraction of sp³-hybridized carbons (Fsp3) is 0.0741. The van der Waals surface area contributed by atoms with E-state index in [0.29, 0.717) is 23.7 Å². The van der Waals surface area contributed by atoms with Gasteiger partial charge in [-0.2, -0.15) is 24.3 Å². The number of para-hydroxylation sites is 2. The summed E-state index contributed by atoms with van der Waals surface area (Å²) in [5.41, 5.74) is 1.66. The Kier molecular flexibility index (Phi) is 38.8. The molecule has 4 nitrogen and oxygen atoms in total. The van der Waals surface area contributed by atoms with Crippen molar-refractivity contribution >= 4 is 118 Å². The number of halogens is 2. The minimum Gasteiger partial charge on any atom is -0.722 e. The molecule has 8 aromatic rings. The van der Waals surface area contributed by atoms with Crippen LogP contribution in [0.2, 0.25) is 0 Å². The largest absolute Gasteiger partial charge is 4.00 e. The molecule has 0 bridgehead atoms. The molecule has 13 heteroatoms. The van der Waals surface area contributed by atoms with E-state index >= 15 is 0 Å². The van der Waals surface area contributed by atoms with E-state index in [9.17, 15) is 0 Å². The zero-order chi connectivity index (χ0) is 46.0. The Balaban J connectivity index is 0.000000847. The first kappa shape index (κ1) is 63.8. The van der Waals surface area contributed by atoms with Gasteiger partial charge in [-0.1, -0.05) is 158 Å². The average Bonchev–Trinajstić information content (AvgIpc) is 4.10. The molecule has 0 unspecified atom stereocenters. The molecule has 0 heterocycles. The van der Waals surface area contributed by atoms with Crippen molar-refractivity contribution in [1.82, 2.24) is 0 Å². The van der Waals surface area contributed by atoms with Crippen molar-refractivity contribution in [2.45, 2.75) is 13.8 Å². The van der Waals surface area contributed by atoms with Crippen molar-refractivity contribution in [3.05, 3.63) is 243 Å². The van der Waals surface area contributed by atoms with Crippen molar-refractivity contribution in [3.8, 4) is 0 Å². The first-order chi connectivity index (χ1) is 31.6. The van der Waals surface area contributed by atoms with E-state index in [4.69, 9.17) is 34.7 Å². The summed E-state index contributed by atoms with van der Waals surface area (Å²) in [5, 5.41) is 9.06. The molecular weight excluding hydrogens is 1360 g/mol. The van der Waals surface area contributed by atoms with Gasteiger partial charge in [0.15, 0.2) is 0 Å². The second-order valence-electron chi connectivity index (χ2n) is 12.6. The molecule has 0 N–H and O–H groups in total. The summed E-state index contributed by atoms with van der Waals surface area (Å²) in [6.45, 7) is 4.89. The smallest absolute Gasteiger partial charge is 0.722 e. The monoisotopic (exact) mass is 1410 g/mol. The summed E-state index contributed by atoms with van der Waals surface area (Å²) in [6.07, 6.45) is 5.44. The predicted molar refractivity (Wildman–Crippen MR) is 289 cm³/mol. The zero-order valence-corrected chi connectivity index (χ0v) is 47.3. The fourth-order valence-electron chi connectivity index (χ4n) is 5.76. The SMILES string of the molecule is CCOC([S-])=Nc1ccccc1.CCOC([S-])=Nc1ccccc1.[Au+].[Au+].[CH2-]Cl.[CH2-]Cl.[Fe+4].c1ccc(P(c2ccccc2)c2ccc[cH-]2)cc1.c1ccc(P(c2ccccc2)c2ccc[cH-]2)cc1. The molecule has 0 saturated carbocycles. The molecule has 0 aliphatic rings. The summed E-state index contributed by atoms with van der Waals surface area (Å²) in [4.78, 5) is 8.12. The van der Waals surface area contributed by atoms with Gasteiger partial charge < -0.3 is 57.9 Å². The number of rotatable bonds is 10. The molecule has 0 aromatic heterocycles. The van der Waals surface area contributed by atoms with Crippen LogP contribution < -0.4 is 31.8 Å². The maximum atomic E-state index is 5.01. The Hall–Kier alpha value is -3.16. The average molecular weight is 1410 g/mol. The quantitative estimate of drug-likeness (QED) is 0.0342. The van der Waals surface area contributed by atoms with Crippen LogP contribution in [0.5, 0.6) is 0 Å². The second-order valence-corrected chi connectivity index (χ2v) is 17.7. The van der Waals surface area contributed by atoms with Crippen LogP contribution in [-0.4, -0.2) is 23.7 Å². The van der Waals surface area contributed by atoms with Gasteiger partial charge in [-0.3, -0.25) is 12.8 Å². The molecule has 0 amide bonds. The minimum atomic E-state index is -0.409. The molecule has 0 fully saturated rings. The molecule has 0 atom stereocenters. The molecule has 0 aliphatic carbocycles. The van der Waals surface area contributed by atoms with E-state index in [-0.39, 0.29) is 61.8 Å². The van der Waals surface area contributed by atoms with Gasteiger partial charge in [0.1, 0.15) is 0 Å². The fourth-order valence-corrected chi connectivity index (χ4v) is 10.8. The van der Waals surface area contributed by atoms with Crippen LogP contribution in [0.25, 0.3) is 0 Å². The van der Waals surface area contributed by atoms with Crippen LogP contribution in [0.1, 0.15) is 13.8 Å². The first-order valence-corrected chi connectivity index (χ1v) is 24.8. The van der Waals surface area contributed by atoms with Crippen LogP contribution in [0.3, 0.4) is 0 Å². The Morgan fingerprint density at radius 2 is 0.672 bits per heavy atom. The van der Waals surface area contributed by atoms with Crippen LogP contribution >= 0.6 is 39.0 Å². The molecule has 0 radical (unpaired) electrons. The molecule has 8 rings (SSSR count). The third-order valence-electron chi connectivity index (χ3n) is 8.35. The number of aliphatic imine (C=N–C) groups is 2. The Morgan fingerprint density at radius 1 is 0.433 bits per heavy atom. The van der Waals surface area contributed by atoms with E-state index < -0.39 is 15.8 Å². The van der Waals surface area contributed by atoms with Crippen LogP contribution in [0.15, 0.2) is 241 Å². The topological polar surface area (TPSA) is 43.2 Å². The summed E-state index contributed by atoms with van der Waals surface area (Å²) in [7, 11) is -0.818. The summed E-state index contributed by atoms with van der Waals surface area (Å²) >= 11 is 18.5. The number of nitrogens with zero attached hydrogens (tertiary/aromatic N) is 2. The van der Waals surface area contributed by atoms with Gasteiger partial charge in [-0.25, -0.2) is 34.3 Å². The van der Waals surface area contributed by atoms with Crippen LogP contribution in [0.4, 0.5) is 11.4 Å². The van der Waals surface area contributed by atoms with Gasteiger partial charge in [0, 0.05) is 0 Å². The van der Waals surface area contributed by atoms with Crippen molar-refractivity contribution in [1.29, 1.82) is 0 Å². The van der Waals surface area contributed by atoms with E-state index in [1.165, 1.54) is 31.8 Å². The van der Waals surface area contributed by atoms with Crippen molar-refractivity contribution < 1.29 is 71.3 Å². The third-order valence-corrected chi connectivity index (χ3v) is 13.7. The van der Waals surface area contributed by atoms with E-state index in [2.05, 4.69) is 216 Å². The molecular formula is C54H52Au2Cl2FeN2O2P2S2. The summed E-state index contributed by atoms with van der Waals surface area (Å²) in [5.74, 6) is 0. The van der Waals surface area contributed by atoms with Crippen LogP contribution in [0, 0.1) is 12.8 Å². The van der Waals surface area contributed by atoms with Gasteiger partial charge in [-0.05, 0) is 75.2 Å². The molecule has 0 aliphatic heterocycles. The second kappa shape index (κ2) is 40.7. The summed E-state index contributed by atoms with van der Waals surface area (Å²) in [6, 6.07) is 79.5. The van der Waals surface area contributed by atoms with Crippen molar-refractivity contribution in [3.63, 3.8) is 0 Å². The molecule has 67 heavy (non-hydrogen) atoms. The minimum absolute atomic E-state index is 0. The van der Waals surface area contributed by atoms with Crippen molar-refractivity contribution in [2.24, 2.45) is 9.98 Å². The predicted octanol–water partition coefficient (Wildman–Crippen LogP) is 12.9. The number of benzene rings is 6. The molecule has 8 aromatic carbocycles. The summed E-state index contributed by atoms with van der Waals surface area (Å²) < 4.78 is 10.0. The first-order valence-electron chi connectivity index (χ1n) is 20.2. The molecule has 0 saturated heterocycles. The van der Waals surface area contributed by atoms with E-state index in [1.807, 2.05) is 74.5 Å². The van der Waals surface area contributed by atoms with Crippen molar-refractivity contribution in [2.75, 3.05) is 13.2 Å². The Labute approximate surface area is 465 Å². The Morgan fingerprint density at radius 3 is 0.881 bits per heavy atom. The normalized spacial score (nSPS) is 9.97. The van der Waals surface area contributed by atoms with Gasteiger partial charge in [0.05, 0.1) is 35.0 Å². The maximum Gasteiger partial charge on any atom is 4.00 e. The number of hydrogen-bond donors (Lipinski definition) is 0. The molecule has 356 valence electrons. The van der Waals surface area contributed by atoms with E-state index in [0.717, 1.165) is 11.4 Å². The van der Waals surface area contributed by atoms with Gasteiger partial charge in [0.2, 0.25) is 0 Å². The van der Waals surface area contributed by atoms with Gasteiger partial charge in [-0.15, -0.1) is 10.6 Å². The Bertz CT molecular complexity index is 2130.